The summed E-state index contributed by atoms with van der Waals surface area (Å²) in [6, 6.07) is 5.48. The molecule has 18 heavy (non-hydrogen) atoms. The van der Waals surface area contributed by atoms with Crippen molar-refractivity contribution in [3.8, 4) is 0 Å². The molecule has 5 heteroatoms. The van der Waals surface area contributed by atoms with Crippen LogP contribution in [0, 0.1) is 0 Å². The minimum absolute atomic E-state index is 0.0339. The molecule has 0 aliphatic rings. The van der Waals surface area contributed by atoms with Gasteiger partial charge in [0.2, 0.25) is 0 Å². The topological polar surface area (TPSA) is 63.6 Å². The lowest BCUT2D eigenvalue weighted by Gasteiger charge is -2.06. The Morgan fingerprint density at radius 2 is 2.11 bits per heavy atom. The van der Waals surface area contributed by atoms with Crippen molar-refractivity contribution >= 4 is 27.9 Å². The zero-order chi connectivity index (χ0) is 13.5. The van der Waals surface area contributed by atoms with E-state index in [0.717, 1.165) is 10.0 Å². The fourth-order valence-corrected chi connectivity index (χ4v) is 1.95. The van der Waals surface area contributed by atoms with Gasteiger partial charge in [-0.3, -0.25) is 9.59 Å². The quantitative estimate of drug-likeness (QED) is 0.820. The van der Waals surface area contributed by atoms with Crippen LogP contribution in [0.1, 0.15) is 24.5 Å². The molecular formula is C13H15BrO4. The van der Waals surface area contributed by atoms with Crippen molar-refractivity contribution in [2.24, 2.45) is 0 Å². The van der Waals surface area contributed by atoms with Crippen LogP contribution in [0.25, 0.3) is 0 Å². The molecular weight excluding hydrogens is 300 g/mol. The van der Waals surface area contributed by atoms with Gasteiger partial charge in [-0.1, -0.05) is 28.1 Å². The van der Waals surface area contributed by atoms with E-state index in [-0.39, 0.29) is 12.4 Å². The predicted octanol–water partition coefficient (Wildman–Crippen LogP) is 2.57. The summed E-state index contributed by atoms with van der Waals surface area (Å²) in [7, 11) is 0. The fraction of sp³-hybridized carbons (Fsp3) is 0.385. The van der Waals surface area contributed by atoms with Crippen molar-refractivity contribution in [2.75, 3.05) is 6.61 Å². The monoisotopic (exact) mass is 314 g/mol. The van der Waals surface area contributed by atoms with Crippen LogP contribution in [0.4, 0.5) is 0 Å². The number of carboxylic acids is 1. The molecule has 0 atom stereocenters. The van der Waals surface area contributed by atoms with Gasteiger partial charge in [-0.2, -0.15) is 0 Å². The molecule has 0 radical (unpaired) electrons. The maximum Gasteiger partial charge on any atom is 0.307 e. The van der Waals surface area contributed by atoms with Crippen LogP contribution in [0.15, 0.2) is 22.7 Å². The van der Waals surface area contributed by atoms with E-state index in [4.69, 9.17) is 9.84 Å². The number of benzene rings is 1. The average molecular weight is 315 g/mol. The lowest BCUT2D eigenvalue weighted by Crippen LogP contribution is -2.06. The predicted molar refractivity (Wildman–Crippen MR) is 70.4 cm³/mol. The second-order valence-corrected chi connectivity index (χ2v) is 4.66. The minimum atomic E-state index is -0.877. The molecule has 1 aromatic carbocycles. The van der Waals surface area contributed by atoms with E-state index in [0.29, 0.717) is 25.0 Å². The Kier molecular flexibility index (Phi) is 5.85. The first kappa shape index (κ1) is 14.7. The number of carbonyl (C=O) groups is 2. The van der Waals surface area contributed by atoms with Gasteiger partial charge in [0.25, 0.3) is 0 Å². The molecule has 1 rings (SSSR count). The number of esters is 1. The molecule has 0 saturated heterocycles. The third-order valence-electron chi connectivity index (χ3n) is 2.37. The molecule has 0 heterocycles. The van der Waals surface area contributed by atoms with Crippen LogP contribution in [-0.2, 0) is 27.2 Å². The number of halogens is 1. The van der Waals surface area contributed by atoms with Gasteiger partial charge in [-0.25, -0.2) is 0 Å². The van der Waals surface area contributed by atoms with E-state index in [9.17, 15) is 9.59 Å². The Morgan fingerprint density at radius 3 is 2.72 bits per heavy atom. The molecule has 0 saturated carbocycles. The summed E-state index contributed by atoms with van der Waals surface area (Å²) < 4.78 is 5.61. The maximum absolute atomic E-state index is 11.2. The van der Waals surface area contributed by atoms with Crippen LogP contribution >= 0.6 is 15.9 Å². The zero-order valence-electron chi connectivity index (χ0n) is 10.1. The number of rotatable bonds is 6. The van der Waals surface area contributed by atoms with Gasteiger partial charge in [-0.15, -0.1) is 0 Å². The van der Waals surface area contributed by atoms with Crippen molar-refractivity contribution in [1.82, 2.24) is 0 Å². The standard InChI is InChI=1S/C13H15BrO4/c1-2-18-13(17)6-4-9-3-5-11(14)10(7-9)8-12(15)16/h3,5,7H,2,4,6,8H2,1H3,(H,15,16). The van der Waals surface area contributed by atoms with E-state index < -0.39 is 5.97 Å². The molecule has 1 N–H and O–H groups in total. The first-order valence-corrected chi connectivity index (χ1v) is 6.47. The third kappa shape index (κ3) is 4.87. The Hall–Kier alpha value is -1.36. The van der Waals surface area contributed by atoms with Gasteiger partial charge in [0, 0.05) is 10.9 Å². The Labute approximate surface area is 114 Å². The summed E-state index contributed by atoms with van der Waals surface area (Å²) in [6.45, 7) is 2.14. The second kappa shape index (κ2) is 7.16. The molecule has 98 valence electrons. The molecule has 1 aromatic rings. The molecule has 0 aliphatic heterocycles. The second-order valence-electron chi connectivity index (χ2n) is 3.80. The Balaban J connectivity index is 2.67. The highest BCUT2D eigenvalue weighted by atomic mass is 79.9. The normalized spacial score (nSPS) is 10.1. The Morgan fingerprint density at radius 1 is 1.39 bits per heavy atom. The summed E-state index contributed by atoms with van der Waals surface area (Å²) >= 11 is 3.31. The van der Waals surface area contributed by atoms with Crippen molar-refractivity contribution < 1.29 is 19.4 Å². The van der Waals surface area contributed by atoms with Crippen LogP contribution in [0.2, 0.25) is 0 Å². The number of hydrogen-bond donors (Lipinski definition) is 1. The lowest BCUT2D eigenvalue weighted by molar-refractivity contribution is -0.143. The van der Waals surface area contributed by atoms with Gasteiger partial charge in [0.05, 0.1) is 13.0 Å². The highest BCUT2D eigenvalue weighted by Crippen LogP contribution is 2.20. The Bertz CT molecular complexity index is 443. The van der Waals surface area contributed by atoms with Crippen molar-refractivity contribution in [2.45, 2.75) is 26.2 Å². The summed E-state index contributed by atoms with van der Waals surface area (Å²) in [5.41, 5.74) is 1.64. The summed E-state index contributed by atoms with van der Waals surface area (Å²) in [6.07, 6.45) is 0.828. The minimum Gasteiger partial charge on any atom is -0.481 e. The van der Waals surface area contributed by atoms with Gasteiger partial charge in [0.15, 0.2) is 0 Å². The first-order valence-electron chi connectivity index (χ1n) is 5.67. The maximum atomic E-state index is 11.2. The number of carbonyl (C=O) groups excluding carboxylic acids is 1. The summed E-state index contributed by atoms with van der Waals surface area (Å²) in [5, 5.41) is 8.78. The molecule has 0 aliphatic carbocycles. The lowest BCUT2D eigenvalue weighted by atomic mass is 10.0. The van der Waals surface area contributed by atoms with Crippen LogP contribution in [0.3, 0.4) is 0 Å². The van der Waals surface area contributed by atoms with Crippen molar-refractivity contribution in [3.05, 3.63) is 33.8 Å². The zero-order valence-corrected chi connectivity index (χ0v) is 11.7. The molecule has 4 nitrogen and oxygen atoms in total. The summed E-state index contributed by atoms with van der Waals surface area (Å²) in [4.78, 5) is 21.9. The smallest absolute Gasteiger partial charge is 0.307 e. The molecule has 0 fully saturated rings. The van der Waals surface area contributed by atoms with Crippen LogP contribution in [0.5, 0.6) is 0 Å². The largest absolute Gasteiger partial charge is 0.481 e. The number of carboxylic acid groups (broad SMARTS) is 1. The third-order valence-corrected chi connectivity index (χ3v) is 3.15. The van der Waals surface area contributed by atoms with Crippen molar-refractivity contribution in [3.63, 3.8) is 0 Å². The van der Waals surface area contributed by atoms with E-state index in [1.54, 1.807) is 19.1 Å². The number of aryl methyl sites for hydroxylation is 1. The van der Waals surface area contributed by atoms with Gasteiger partial charge in [0.1, 0.15) is 0 Å². The molecule has 0 amide bonds. The fourth-order valence-electron chi connectivity index (χ4n) is 1.56. The summed E-state index contributed by atoms with van der Waals surface area (Å²) in [5.74, 6) is -1.11. The van der Waals surface area contributed by atoms with E-state index in [1.807, 2.05) is 6.07 Å². The average Bonchev–Trinajstić information content (AvgIpc) is 2.30. The van der Waals surface area contributed by atoms with Gasteiger partial charge in [-0.05, 0) is 30.5 Å². The highest BCUT2D eigenvalue weighted by molar-refractivity contribution is 9.10. The van der Waals surface area contributed by atoms with Crippen LogP contribution < -0.4 is 0 Å². The SMILES string of the molecule is CCOC(=O)CCc1ccc(Br)c(CC(=O)O)c1. The van der Waals surface area contributed by atoms with Crippen molar-refractivity contribution in [1.29, 1.82) is 0 Å². The number of ether oxygens (including phenoxy) is 1. The van der Waals surface area contributed by atoms with E-state index >= 15 is 0 Å². The van der Waals surface area contributed by atoms with Crippen LogP contribution in [-0.4, -0.2) is 23.7 Å². The number of hydrogen-bond acceptors (Lipinski definition) is 3. The molecule has 0 spiro atoms. The first-order chi connectivity index (χ1) is 8.52. The molecule has 0 unspecified atom stereocenters. The molecule has 0 bridgehead atoms. The molecule has 0 aromatic heterocycles. The highest BCUT2D eigenvalue weighted by Gasteiger charge is 2.08. The van der Waals surface area contributed by atoms with Gasteiger partial charge < -0.3 is 9.84 Å². The number of aliphatic carboxylic acids is 1. The van der Waals surface area contributed by atoms with E-state index in [2.05, 4.69) is 15.9 Å². The van der Waals surface area contributed by atoms with E-state index in [1.165, 1.54) is 0 Å². The van der Waals surface area contributed by atoms with Gasteiger partial charge >= 0.3 is 11.9 Å².